The summed E-state index contributed by atoms with van der Waals surface area (Å²) >= 11 is 8.30. The molecule has 1 rings (SSSR count). The molecule has 1 aromatic rings. The lowest BCUT2D eigenvalue weighted by Gasteiger charge is -2.07. The van der Waals surface area contributed by atoms with Crippen LogP contribution in [0.2, 0.25) is 0 Å². The predicted molar refractivity (Wildman–Crippen MR) is 87.0 cm³/mol. The molecule has 0 atom stereocenters. The van der Waals surface area contributed by atoms with Crippen LogP contribution < -0.4 is 20.6 Å². The maximum absolute atomic E-state index is 9.80. The third-order valence-corrected chi connectivity index (χ3v) is 3.03. The van der Waals surface area contributed by atoms with E-state index in [-0.39, 0.29) is 5.75 Å². The number of nitrogens with one attached hydrogen (secondary N) is 3. The molecule has 0 amide bonds. The molecule has 20 heavy (non-hydrogen) atoms. The first-order valence-corrected chi connectivity index (χ1v) is 7.17. The van der Waals surface area contributed by atoms with Crippen LogP contribution >= 0.6 is 28.1 Å². The maximum Gasteiger partial charge on any atom is 0.224 e. The van der Waals surface area contributed by atoms with E-state index >= 15 is 0 Å². The minimum atomic E-state index is 0.0835. The Hall–Kier alpha value is -1.60. The van der Waals surface area contributed by atoms with Gasteiger partial charge in [-0.15, -0.1) is 17.1 Å². The molecular formula is C13H17BrN3O2S+. The Labute approximate surface area is 131 Å². The van der Waals surface area contributed by atoms with Crippen LogP contribution in [0.25, 0.3) is 0 Å². The van der Waals surface area contributed by atoms with Gasteiger partial charge in [0.2, 0.25) is 5.11 Å². The van der Waals surface area contributed by atoms with E-state index < -0.39 is 0 Å². The lowest BCUT2D eigenvalue weighted by atomic mass is 10.2. The van der Waals surface area contributed by atoms with Crippen molar-refractivity contribution in [3.63, 3.8) is 0 Å². The number of rotatable bonds is 6. The Morgan fingerprint density at radius 2 is 2.35 bits per heavy atom. The van der Waals surface area contributed by atoms with Crippen molar-refractivity contribution < 1.29 is 14.9 Å². The molecule has 108 valence electrons. The highest BCUT2D eigenvalue weighted by Gasteiger charge is 2.09. The summed E-state index contributed by atoms with van der Waals surface area (Å²) in [5.41, 5.74) is 3.62. The number of phenols is 1. The van der Waals surface area contributed by atoms with E-state index in [1.54, 1.807) is 24.4 Å². The molecular weight excluding hydrogens is 342 g/mol. The third kappa shape index (κ3) is 5.18. The van der Waals surface area contributed by atoms with Crippen molar-refractivity contribution in [2.45, 2.75) is 6.92 Å². The van der Waals surface area contributed by atoms with Gasteiger partial charge in [-0.25, -0.2) is 0 Å². The Kier molecular flexibility index (Phi) is 7.03. The summed E-state index contributed by atoms with van der Waals surface area (Å²) in [6.07, 6.45) is 3.41. The number of ether oxygens (including phenoxy) is 1. The van der Waals surface area contributed by atoms with Crippen molar-refractivity contribution in [3.05, 3.63) is 34.8 Å². The van der Waals surface area contributed by atoms with Gasteiger partial charge in [0, 0.05) is 12.1 Å². The quantitative estimate of drug-likeness (QED) is 0.260. The van der Waals surface area contributed by atoms with Crippen molar-refractivity contribution in [2.24, 2.45) is 0 Å². The molecule has 4 N–H and O–H groups in total. The Balaban J connectivity index is 2.72. The normalized spacial score (nSPS) is 10.3. The molecule has 5 nitrogen and oxygen atoms in total. The number of thiocarbonyl (C=S) groups is 1. The third-order valence-electron chi connectivity index (χ3n) is 2.18. The Morgan fingerprint density at radius 1 is 1.60 bits per heavy atom. The number of benzene rings is 1. The van der Waals surface area contributed by atoms with Gasteiger partial charge < -0.3 is 15.2 Å². The summed E-state index contributed by atoms with van der Waals surface area (Å²) in [6.45, 7) is 6.51. The van der Waals surface area contributed by atoms with Gasteiger partial charge in [0.25, 0.3) is 0 Å². The van der Waals surface area contributed by atoms with E-state index in [0.717, 1.165) is 5.56 Å². The lowest BCUT2D eigenvalue weighted by molar-refractivity contribution is -0.500. The van der Waals surface area contributed by atoms with Crippen LogP contribution in [0.5, 0.6) is 11.5 Å². The summed E-state index contributed by atoms with van der Waals surface area (Å²) in [5, 5.41) is 16.0. The number of hydrazine groups is 1. The topological polar surface area (TPSA) is 67.5 Å². The highest BCUT2D eigenvalue weighted by molar-refractivity contribution is 9.10. The molecule has 0 spiro atoms. The molecule has 0 saturated heterocycles. The van der Waals surface area contributed by atoms with Crippen LogP contribution in [0.15, 0.2) is 29.3 Å². The van der Waals surface area contributed by atoms with Gasteiger partial charge >= 0.3 is 0 Å². The van der Waals surface area contributed by atoms with Crippen LogP contribution in [-0.2, 0) is 0 Å². The minimum absolute atomic E-state index is 0.0835. The molecule has 0 fully saturated rings. The van der Waals surface area contributed by atoms with Gasteiger partial charge in [-0.3, -0.25) is 0 Å². The fourth-order valence-electron chi connectivity index (χ4n) is 1.34. The van der Waals surface area contributed by atoms with E-state index in [0.29, 0.717) is 28.5 Å². The zero-order valence-corrected chi connectivity index (χ0v) is 13.5. The minimum Gasteiger partial charge on any atom is -0.503 e. The summed E-state index contributed by atoms with van der Waals surface area (Å²) < 4.78 is 5.90. The van der Waals surface area contributed by atoms with Gasteiger partial charge in [-0.05, 0) is 47.2 Å². The Morgan fingerprint density at radius 3 is 3.00 bits per heavy atom. The second-order valence-electron chi connectivity index (χ2n) is 3.69. The van der Waals surface area contributed by atoms with Crippen molar-refractivity contribution in [1.29, 1.82) is 0 Å². The zero-order chi connectivity index (χ0) is 15.0. The van der Waals surface area contributed by atoms with Crippen LogP contribution in [0.1, 0.15) is 12.5 Å². The maximum atomic E-state index is 9.80. The molecule has 0 aromatic heterocycles. The molecule has 0 unspecified atom stereocenters. The number of hydrazone groups is 1. The summed E-state index contributed by atoms with van der Waals surface area (Å²) in [6, 6.07) is 3.48. The smallest absolute Gasteiger partial charge is 0.224 e. The van der Waals surface area contributed by atoms with E-state index in [1.165, 1.54) is 0 Å². The van der Waals surface area contributed by atoms with Gasteiger partial charge in [-0.1, -0.05) is 6.08 Å². The number of halogens is 1. The summed E-state index contributed by atoms with van der Waals surface area (Å²) in [5.74, 6) is 0.502. The average Bonchev–Trinajstić information content (AvgIpc) is 2.42. The Bertz CT molecular complexity index is 521. The average molecular weight is 359 g/mol. The van der Waals surface area contributed by atoms with Crippen LogP contribution in [0.4, 0.5) is 0 Å². The van der Waals surface area contributed by atoms with Gasteiger partial charge in [-0.2, -0.15) is 0 Å². The van der Waals surface area contributed by atoms with Crippen LogP contribution in [0.3, 0.4) is 0 Å². The SMILES string of the molecule is C=CCNC(=S)N[NH+]=Cc1cc(Br)c(O)c(OCC)c1. The molecule has 0 bridgehead atoms. The number of hydrogen-bond acceptors (Lipinski definition) is 3. The molecule has 1 aromatic carbocycles. The summed E-state index contributed by atoms with van der Waals surface area (Å²) in [7, 11) is 0. The highest BCUT2D eigenvalue weighted by Crippen LogP contribution is 2.34. The molecule has 0 aliphatic heterocycles. The van der Waals surface area contributed by atoms with E-state index in [2.05, 4.69) is 38.4 Å². The van der Waals surface area contributed by atoms with Crippen molar-refractivity contribution in [2.75, 3.05) is 13.2 Å². The van der Waals surface area contributed by atoms with E-state index in [1.807, 2.05) is 6.92 Å². The first-order chi connectivity index (χ1) is 9.58. The first kappa shape index (κ1) is 16.5. The predicted octanol–water partition coefficient (Wildman–Crippen LogP) is 0.618. The zero-order valence-electron chi connectivity index (χ0n) is 11.1. The second kappa shape index (κ2) is 8.55. The van der Waals surface area contributed by atoms with Gasteiger partial charge in [0.15, 0.2) is 17.7 Å². The first-order valence-electron chi connectivity index (χ1n) is 5.97. The number of phenolic OH excluding ortho intramolecular Hbond substituents is 1. The molecule has 0 heterocycles. The number of aromatic hydroxyl groups is 1. The van der Waals surface area contributed by atoms with Gasteiger partial charge in [0.1, 0.15) is 0 Å². The van der Waals surface area contributed by atoms with Crippen LogP contribution in [0, 0.1) is 0 Å². The monoisotopic (exact) mass is 358 g/mol. The van der Waals surface area contributed by atoms with Crippen molar-refractivity contribution >= 4 is 39.5 Å². The molecule has 0 aliphatic carbocycles. The molecule has 7 heteroatoms. The molecule has 0 saturated carbocycles. The fraction of sp³-hybridized carbons (Fsp3) is 0.231. The second-order valence-corrected chi connectivity index (χ2v) is 4.96. The largest absolute Gasteiger partial charge is 0.503 e. The highest BCUT2D eigenvalue weighted by atomic mass is 79.9. The van der Waals surface area contributed by atoms with E-state index in [9.17, 15) is 5.11 Å². The van der Waals surface area contributed by atoms with Crippen molar-refractivity contribution in [1.82, 2.24) is 10.7 Å². The summed E-state index contributed by atoms with van der Waals surface area (Å²) in [4.78, 5) is 0. The van der Waals surface area contributed by atoms with Crippen LogP contribution in [-0.4, -0.2) is 29.6 Å². The fourth-order valence-corrected chi connectivity index (χ4v) is 1.94. The van der Waals surface area contributed by atoms with Gasteiger partial charge in [0.05, 0.1) is 11.1 Å². The molecule has 0 radical (unpaired) electrons. The standard InChI is InChI=1S/C13H16BrN3O2S/c1-3-5-15-13(20)17-16-8-9-6-10(14)12(18)11(7-9)19-4-2/h3,6-8,18H,1,4-5H2,2H3,(H2,15,17,20)/p+1. The lowest BCUT2D eigenvalue weighted by Crippen LogP contribution is -2.82. The molecule has 0 aliphatic rings. The van der Waals surface area contributed by atoms with Crippen molar-refractivity contribution in [3.8, 4) is 11.5 Å². The van der Waals surface area contributed by atoms with E-state index in [4.69, 9.17) is 17.0 Å². The number of hydrogen-bond donors (Lipinski definition) is 4.